The fraction of sp³-hybridized carbons (Fsp3) is 0.364. The highest BCUT2D eigenvalue weighted by Gasteiger charge is 2.35. The van der Waals surface area contributed by atoms with Crippen molar-refractivity contribution in [2.45, 2.75) is 57.1 Å². The predicted octanol–water partition coefficient (Wildman–Crippen LogP) is 7.25. The van der Waals surface area contributed by atoms with E-state index >= 15 is 0 Å². The number of carbonyl (C=O) groups excluding carboxylic acids is 2. The first-order valence-electron chi connectivity index (χ1n) is 14.3. The van der Waals surface area contributed by atoms with Gasteiger partial charge in [-0.15, -0.1) is 0 Å². The maximum Gasteiger partial charge on any atom is 0.238 e. The second-order valence-electron chi connectivity index (χ2n) is 9.96. The molecular formula is C33H39N3O4S. The Bertz CT molecular complexity index is 1280. The zero-order valence-corrected chi connectivity index (χ0v) is 24.7. The van der Waals surface area contributed by atoms with E-state index in [1.54, 1.807) is 12.0 Å². The number of rotatable bonds is 14. The molecule has 0 spiro atoms. The van der Waals surface area contributed by atoms with E-state index < -0.39 is 5.25 Å². The molecule has 216 valence electrons. The van der Waals surface area contributed by atoms with Gasteiger partial charge in [0.1, 0.15) is 16.7 Å². The van der Waals surface area contributed by atoms with Crippen molar-refractivity contribution in [1.29, 1.82) is 0 Å². The first-order chi connectivity index (χ1) is 20.1. The summed E-state index contributed by atoms with van der Waals surface area (Å²) in [6, 6.07) is 24.9. The summed E-state index contributed by atoms with van der Waals surface area (Å²) < 4.78 is 11.1. The van der Waals surface area contributed by atoms with Crippen LogP contribution in [0.3, 0.4) is 0 Å². The van der Waals surface area contributed by atoms with Crippen molar-refractivity contribution < 1.29 is 19.1 Å². The molecule has 1 aliphatic heterocycles. The number of amides is 2. The molecule has 7 nitrogen and oxygen atoms in total. The number of aryl methyl sites for hydroxylation is 1. The normalized spacial score (nSPS) is 16.0. The van der Waals surface area contributed by atoms with Crippen LogP contribution in [-0.4, -0.2) is 47.4 Å². The molecule has 0 bridgehead atoms. The number of nitrogens with one attached hydrogen (secondary N) is 1. The zero-order chi connectivity index (χ0) is 28.9. The molecule has 2 amide bonds. The quantitative estimate of drug-likeness (QED) is 0.206. The molecule has 1 atom stereocenters. The number of nitrogens with zero attached hydrogens (tertiary/aromatic N) is 2. The second-order valence-corrected chi connectivity index (χ2v) is 11.1. The van der Waals surface area contributed by atoms with E-state index in [1.807, 2.05) is 66.7 Å². The van der Waals surface area contributed by atoms with Gasteiger partial charge in [-0.05, 0) is 73.4 Å². The van der Waals surface area contributed by atoms with Gasteiger partial charge >= 0.3 is 0 Å². The summed E-state index contributed by atoms with van der Waals surface area (Å²) in [7, 11) is 1.61. The first kappa shape index (κ1) is 30.2. The molecule has 1 saturated heterocycles. The van der Waals surface area contributed by atoms with Crippen molar-refractivity contribution in [3.8, 4) is 11.5 Å². The molecule has 1 fully saturated rings. The topological polar surface area (TPSA) is 80.2 Å². The van der Waals surface area contributed by atoms with E-state index in [0.29, 0.717) is 29.7 Å². The minimum absolute atomic E-state index is 0.101. The molecule has 1 unspecified atom stereocenters. The van der Waals surface area contributed by atoms with Crippen LogP contribution >= 0.6 is 11.8 Å². The Labute approximate surface area is 247 Å². The van der Waals surface area contributed by atoms with Crippen molar-refractivity contribution in [3.63, 3.8) is 0 Å². The van der Waals surface area contributed by atoms with E-state index in [4.69, 9.17) is 14.5 Å². The minimum atomic E-state index is -0.584. The number of anilines is 1. The smallest absolute Gasteiger partial charge is 0.238 e. The highest BCUT2D eigenvalue weighted by molar-refractivity contribution is 8.15. The van der Waals surface area contributed by atoms with Gasteiger partial charge in [-0.2, -0.15) is 0 Å². The van der Waals surface area contributed by atoms with Gasteiger partial charge in [0, 0.05) is 18.7 Å². The molecule has 0 aliphatic carbocycles. The van der Waals surface area contributed by atoms with E-state index in [2.05, 4.69) is 24.4 Å². The molecule has 41 heavy (non-hydrogen) atoms. The summed E-state index contributed by atoms with van der Waals surface area (Å²) in [5, 5.41) is 2.91. The molecule has 1 aliphatic rings. The van der Waals surface area contributed by atoms with Crippen molar-refractivity contribution in [1.82, 2.24) is 4.90 Å². The van der Waals surface area contributed by atoms with E-state index in [1.165, 1.54) is 30.2 Å². The molecule has 0 saturated carbocycles. The number of carbonyl (C=O) groups is 2. The van der Waals surface area contributed by atoms with Gasteiger partial charge in [0.05, 0.1) is 19.4 Å². The number of benzene rings is 3. The van der Waals surface area contributed by atoms with Gasteiger partial charge in [-0.25, -0.2) is 4.99 Å². The maximum absolute atomic E-state index is 13.3. The summed E-state index contributed by atoms with van der Waals surface area (Å²) >= 11 is 1.33. The van der Waals surface area contributed by atoms with Crippen molar-refractivity contribution in [2.75, 3.05) is 25.6 Å². The summed E-state index contributed by atoms with van der Waals surface area (Å²) in [6.45, 7) is 3.40. The lowest BCUT2D eigenvalue weighted by molar-refractivity contribution is -0.129. The average Bonchev–Trinajstić information content (AvgIpc) is 3.00. The second kappa shape index (κ2) is 15.9. The largest absolute Gasteiger partial charge is 0.497 e. The van der Waals surface area contributed by atoms with Gasteiger partial charge in [-0.3, -0.25) is 14.5 Å². The van der Waals surface area contributed by atoms with E-state index in [0.717, 1.165) is 37.2 Å². The first-order valence-corrected chi connectivity index (χ1v) is 15.2. The van der Waals surface area contributed by atoms with Gasteiger partial charge in [0.15, 0.2) is 5.17 Å². The zero-order valence-electron chi connectivity index (χ0n) is 23.9. The van der Waals surface area contributed by atoms with Gasteiger partial charge in [0.25, 0.3) is 0 Å². The summed E-state index contributed by atoms with van der Waals surface area (Å²) in [4.78, 5) is 33.1. The lowest BCUT2D eigenvalue weighted by Crippen LogP contribution is -2.45. The maximum atomic E-state index is 13.3. The summed E-state index contributed by atoms with van der Waals surface area (Å²) in [6.07, 6.45) is 6.37. The Hall–Kier alpha value is -3.78. The van der Waals surface area contributed by atoms with Crippen molar-refractivity contribution in [3.05, 3.63) is 84.4 Å². The van der Waals surface area contributed by atoms with Gasteiger partial charge < -0.3 is 14.8 Å². The number of thioether (sulfide) groups is 1. The summed E-state index contributed by atoms with van der Waals surface area (Å²) in [5.74, 6) is 1.19. The highest BCUT2D eigenvalue weighted by atomic mass is 32.2. The Morgan fingerprint density at radius 1 is 0.951 bits per heavy atom. The van der Waals surface area contributed by atoms with Crippen LogP contribution in [0.15, 0.2) is 83.9 Å². The third-order valence-corrected chi connectivity index (χ3v) is 8.00. The van der Waals surface area contributed by atoms with Crippen LogP contribution in [0.25, 0.3) is 0 Å². The molecule has 3 aromatic carbocycles. The third-order valence-electron chi connectivity index (χ3n) is 6.81. The van der Waals surface area contributed by atoms with Crippen LogP contribution < -0.4 is 14.8 Å². The molecule has 8 heteroatoms. The standard InChI is InChI=1S/C33H39N3O4S/c1-3-4-5-9-23-40-29-20-16-26(17-21-29)34-32(38)30-24-31(37)36(22-10-13-25-11-7-6-8-12-25)33(41-30)35-27-14-18-28(39-2)19-15-27/h6-8,11-12,14-21,30H,3-5,9-10,13,22-24H2,1-2H3,(H,34,38). The highest BCUT2D eigenvalue weighted by Crippen LogP contribution is 2.31. The number of hydrogen-bond acceptors (Lipinski definition) is 6. The van der Waals surface area contributed by atoms with Crippen molar-refractivity contribution in [2.24, 2.45) is 4.99 Å². The molecular weight excluding hydrogens is 534 g/mol. The van der Waals surface area contributed by atoms with Crippen LogP contribution in [-0.2, 0) is 16.0 Å². The molecule has 4 rings (SSSR count). The van der Waals surface area contributed by atoms with Gasteiger partial charge in [-0.1, -0.05) is 68.3 Å². The lowest BCUT2D eigenvalue weighted by Gasteiger charge is -2.32. The Kier molecular flexibility index (Phi) is 11.7. The fourth-order valence-corrected chi connectivity index (χ4v) is 5.62. The number of unbranched alkanes of at least 4 members (excludes halogenated alkanes) is 3. The van der Waals surface area contributed by atoms with Crippen LogP contribution in [0.1, 0.15) is 51.0 Å². The molecule has 0 aromatic heterocycles. The molecule has 0 radical (unpaired) electrons. The SMILES string of the molecule is CCCCCCOc1ccc(NC(=O)C2CC(=O)N(CCCc3ccccc3)C(=Nc3ccc(OC)cc3)S2)cc1. The summed E-state index contributed by atoms with van der Waals surface area (Å²) in [5.41, 5.74) is 2.59. The Morgan fingerprint density at radius 2 is 1.68 bits per heavy atom. The predicted molar refractivity (Wildman–Crippen MR) is 167 cm³/mol. The molecule has 1 N–H and O–H groups in total. The number of ether oxygens (including phenoxy) is 2. The van der Waals surface area contributed by atoms with Crippen LogP contribution in [0.4, 0.5) is 11.4 Å². The lowest BCUT2D eigenvalue weighted by atomic mass is 10.1. The van der Waals surface area contributed by atoms with Crippen molar-refractivity contribution >= 4 is 40.1 Å². The number of methoxy groups -OCH3 is 1. The number of amidine groups is 1. The monoisotopic (exact) mass is 573 g/mol. The van der Waals surface area contributed by atoms with Crippen LogP contribution in [0, 0.1) is 0 Å². The molecule has 1 heterocycles. The Balaban J connectivity index is 1.40. The van der Waals surface area contributed by atoms with E-state index in [-0.39, 0.29) is 18.2 Å². The van der Waals surface area contributed by atoms with Crippen LogP contribution in [0.5, 0.6) is 11.5 Å². The number of aliphatic imine (C=N–C) groups is 1. The van der Waals surface area contributed by atoms with E-state index in [9.17, 15) is 9.59 Å². The molecule has 3 aromatic rings. The van der Waals surface area contributed by atoms with Crippen LogP contribution in [0.2, 0.25) is 0 Å². The third kappa shape index (κ3) is 9.39. The number of hydrogen-bond donors (Lipinski definition) is 1. The average molecular weight is 574 g/mol. The Morgan fingerprint density at radius 3 is 2.39 bits per heavy atom. The minimum Gasteiger partial charge on any atom is -0.497 e. The van der Waals surface area contributed by atoms with Gasteiger partial charge in [0.2, 0.25) is 11.8 Å². The fourth-order valence-electron chi connectivity index (χ4n) is 4.49.